The van der Waals surface area contributed by atoms with Gasteiger partial charge in [0.2, 0.25) is 0 Å². The van der Waals surface area contributed by atoms with Crippen molar-refractivity contribution in [1.29, 1.82) is 0 Å². The van der Waals surface area contributed by atoms with Crippen molar-refractivity contribution in [2.24, 2.45) is 0 Å². The molecule has 3 heterocycles. The van der Waals surface area contributed by atoms with Crippen LogP contribution in [-0.4, -0.2) is 53.8 Å². The van der Waals surface area contributed by atoms with Crippen LogP contribution in [0.3, 0.4) is 0 Å². The second kappa shape index (κ2) is 12.3. The highest BCUT2D eigenvalue weighted by molar-refractivity contribution is 6.35. The summed E-state index contributed by atoms with van der Waals surface area (Å²) < 4.78 is 0. The van der Waals surface area contributed by atoms with Gasteiger partial charge in [-0.15, -0.1) is 0 Å². The zero-order valence-corrected chi connectivity index (χ0v) is 24.5. The Morgan fingerprint density at radius 1 is 1.10 bits per heavy atom. The Morgan fingerprint density at radius 3 is 2.61 bits per heavy atom. The fourth-order valence-corrected chi connectivity index (χ4v) is 5.88. The zero-order chi connectivity index (χ0) is 29.1. The predicted octanol–water partition coefficient (Wildman–Crippen LogP) is 5.48. The van der Waals surface area contributed by atoms with Crippen LogP contribution in [0.1, 0.15) is 81.0 Å². The van der Waals surface area contributed by atoms with Crippen molar-refractivity contribution in [1.82, 2.24) is 20.5 Å². The number of rotatable bonds is 9. The normalized spacial score (nSPS) is 16.5. The number of H-pyrrole nitrogens is 1. The van der Waals surface area contributed by atoms with Crippen LogP contribution in [0.5, 0.6) is 0 Å². The first-order valence-electron chi connectivity index (χ1n) is 14.2. The third-order valence-corrected chi connectivity index (χ3v) is 8.17. The Labute approximate surface area is 245 Å². The molecule has 1 saturated heterocycles. The average Bonchev–Trinajstić information content (AvgIpc) is 3.65. The second-order valence-corrected chi connectivity index (χ2v) is 11.2. The Balaban J connectivity index is 1.35. The molecule has 8 nitrogen and oxygen atoms in total. The van der Waals surface area contributed by atoms with E-state index in [-0.39, 0.29) is 23.8 Å². The number of carbonyl (C=O) groups is 3. The van der Waals surface area contributed by atoms with Gasteiger partial charge in [-0.2, -0.15) is 0 Å². The monoisotopic (exact) mass is 573 g/mol. The molecule has 3 amide bonds. The van der Waals surface area contributed by atoms with Crippen LogP contribution in [0.2, 0.25) is 5.02 Å². The van der Waals surface area contributed by atoms with Crippen LogP contribution in [0.4, 0.5) is 5.69 Å². The maximum absolute atomic E-state index is 13.2. The molecule has 0 radical (unpaired) electrons. The van der Waals surface area contributed by atoms with Crippen LogP contribution in [0, 0.1) is 13.8 Å². The molecule has 41 heavy (non-hydrogen) atoms. The minimum atomic E-state index is -0.258. The lowest BCUT2D eigenvalue weighted by Crippen LogP contribution is -2.33. The summed E-state index contributed by atoms with van der Waals surface area (Å²) in [7, 11) is 0. The van der Waals surface area contributed by atoms with Gasteiger partial charge in [0.15, 0.2) is 0 Å². The summed E-state index contributed by atoms with van der Waals surface area (Å²) in [5, 5.41) is 9.63. The molecule has 1 unspecified atom stereocenters. The van der Waals surface area contributed by atoms with E-state index >= 15 is 0 Å². The van der Waals surface area contributed by atoms with Gasteiger partial charge in [0.25, 0.3) is 17.7 Å². The molecule has 1 atom stereocenters. The number of likely N-dealkylation sites (tertiary alicyclic amines) is 1. The first kappa shape index (κ1) is 28.6. The summed E-state index contributed by atoms with van der Waals surface area (Å²) in [6, 6.07) is 12.4. The third-order valence-electron chi connectivity index (χ3n) is 7.93. The Kier molecular flexibility index (Phi) is 8.61. The summed E-state index contributed by atoms with van der Waals surface area (Å²) in [5.74, 6) is -0.621. The number of benzene rings is 2. The van der Waals surface area contributed by atoms with Crippen molar-refractivity contribution in [2.45, 2.75) is 46.1 Å². The smallest absolute Gasteiger partial charge is 0.256 e. The van der Waals surface area contributed by atoms with Gasteiger partial charge in [0.05, 0.1) is 17.2 Å². The van der Waals surface area contributed by atoms with Crippen molar-refractivity contribution in [3.63, 3.8) is 0 Å². The number of carbonyl (C=O) groups excluding carboxylic acids is 3. The number of hydrogen-bond donors (Lipinski definition) is 4. The quantitative estimate of drug-likeness (QED) is 0.254. The second-order valence-electron chi connectivity index (χ2n) is 10.7. The van der Waals surface area contributed by atoms with Crippen LogP contribution in [-0.2, 0) is 4.79 Å². The molecule has 1 aromatic heterocycles. The topological polar surface area (TPSA) is 106 Å². The molecule has 2 aliphatic rings. The van der Waals surface area contributed by atoms with Crippen LogP contribution < -0.4 is 16.0 Å². The molecule has 4 N–H and O–H groups in total. The molecule has 0 spiro atoms. The van der Waals surface area contributed by atoms with Gasteiger partial charge in [0.1, 0.15) is 0 Å². The van der Waals surface area contributed by atoms with Crippen molar-refractivity contribution in [2.75, 3.05) is 31.5 Å². The number of hydrogen-bond acceptors (Lipinski definition) is 4. The highest BCUT2D eigenvalue weighted by Gasteiger charge is 2.27. The van der Waals surface area contributed by atoms with Gasteiger partial charge in [-0.1, -0.05) is 30.7 Å². The lowest BCUT2D eigenvalue weighted by Gasteiger charge is -2.18. The molecule has 9 heteroatoms. The minimum absolute atomic E-state index is 0.125. The Morgan fingerprint density at radius 2 is 1.88 bits per heavy atom. The molecule has 3 aromatic rings. The molecule has 214 valence electrons. The van der Waals surface area contributed by atoms with E-state index in [0.717, 1.165) is 36.5 Å². The maximum atomic E-state index is 13.2. The van der Waals surface area contributed by atoms with E-state index in [0.29, 0.717) is 51.6 Å². The number of anilines is 1. The van der Waals surface area contributed by atoms with Gasteiger partial charge in [-0.25, -0.2) is 0 Å². The average molecular weight is 574 g/mol. The van der Waals surface area contributed by atoms with E-state index in [4.69, 9.17) is 11.6 Å². The maximum Gasteiger partial charge on any atom is 0.256 e. The van der Waals surface area contributed by atoms with Crippen molar-refractivity contribution >= 4 is 46.7 Å². The summed E-state index contributed by atoms with van der Waals surface area (Å²) in [5.41, 5.74) is 5.89. The molecule has 0 saturated carbocycles. The van der Waals surface area contributed by atoms with Gasteiger partial charge in [0, 0.05) is 46.3 Å². The number of aromatic nitrogens is 1. The number of nitrogens with zero attached hydrogens (tertiary/aromatic N) is 1. The molecular weight excluding hydrogens is 538 g/mol. The van der Waals surface area contributed by atoms with Crippen molar-refractivity contribution < 1.29 is 14.4 Å². The number of halogens is 1. The fourth-order valence-electron chi connectivity index (χ4n) is 5.68. The highest BCUT2D eigenvalue weighted by Crippen LogP contribution is 2.35. The largest absolute Gasteiger partial charge is 0.358 e. The molecule has 2 aromatic carbocycles. The highest BCUT2D eigenvalue weighted by atomic mass is 35.5. The molecule has 0 bridgehead atoms. The Hall–Kier alpha value is -3.88. The number of fused-ring (bicyclic) bond motifs is 1. The SMILES string of the molecule is CCC(NC(=O)c1ccc2c(c1)C(=Cc1[nH]c(C)c(C(=O)NCCN3CCCC3)c1C)C(=O)N2)c1cccc(Cl)c1. The van der Waals surface area contributed by atoms with Crippen molar-refractivity contribution in [3.8, 4) is 0 Å². The molecule has 0 aliphatic carbocycles. The summed E-state index contributed by atoms with van der Waals surface area (Å²) in [6.45, 7) is 9.35. The first-order valence-corrected chi connectivity index (χ1v) is 14.6. The van der Waals surface area contributed by atoms with E-state index in [1.54, 1.807) is 30.3 Å². The number of aryl methyl sites for hydroxylation is 1. The minimum Gasteiger partial charge on any atom is -0.358 e. The number of aromatic amines is 1. The zero-order valence-electron chi connectivity index (χ0n) is 23.7. The third kappa shape index (κ3) is 6.24. The predicted molar refractivity (Wildman–Crippen MR) is 163 cm³/mol. The fraction of sp³-hybridized carbons (Fsp3) is 0.344. The van der Waals surface area contributed by atoms with E-state index < -0.39 is 0 Å². The molecular formula is C32H36ClN5O3. The standard InChI is InChI=1S/C32H36ClN5O3/c1-4-26(21-8-7-9-23(33)16-21)36-30(39)22-10-11-27-24(17-22)25(31(40)37-27)18-28-19(2)29(20(3)35-28)32(41)34-12-15-38-13-5-6-14-38/h7-11,16-18,26,35H,4-6,12-15H2,1-3H3,(H,34,41)(H,36,39)(H,37,40). The van der Waals surface area contributed by atoms with E-state index in [1.165, 1.54) is 12.8 Å². The molecule has 5 rings (SSSR count). The van der Waals surface area contributed by atoms with Gasteiger partial charge >= 0.3 is 0 Å². The van der Waals surface area contributed by atoms with Gasteiger partial charge < -0.3 is 25.8 Å². The van der Waals surface area contributed by atoms with Crippen molar-refractivity contribution in [3.05, 3.63) is 86.7 Å². The lowest BCUT2D eigenvalue weighted by molar-refractivity contribution is -0.110. The van der Waals surface area contributed by atoms with Crippen LogP contribution >= 0.6 is 11.6 Å². The molecule has 1 fully saturated rings. The molecule has 2 aliphatic heterocycles. The number of nitrogens with one attached hydrogen (secondary N) is 4. The van der Waals surface area contributed by atoms with Crippen LogP contribution in [0.25, 0.3) is 11.6 Å². The number of amides is 3. The summed E-state index contributed by atoms with van der Waals surface area (Å²) >= 11 is 6.16. The summed E-state index contributed by atoms with van der Waals surface area (Å²) in [6.07, 6.45) is 4.88. The van der Waals surface area contributed by atoms with E-state index in [1.807, 2.05) is 39.0 Å². The Bertz CT molecular complexity index is 1520. The first-order chi connectivity index (χ1) is 19.7. The summed E-state index contributed by atoms with van der Waals surface area (Å²) in [4.78, 5) is 44.9. The van der Waals surface area contributed by atoms with Crippen LogP contribution in [0.15, 0.2) is 42.5 Å². The lowest BCUT2D eigenvalue weighted by atomic mass is 10.0. The van der Waals surface area contributed by atoms with E-state index in [2.05, 4.69) is 25.8 Å². The van der Waals surface area contributed by atoms with Gasteiger partial charge in [-0.05, 0) is 93.7 Å². The van der Waals surface area contributed by atoms with Gasteiger partial charge in [-0.3, -0.25) is 14.4 Å². The van der Waals surface area contributed by atoms with E-state index in [9.17, 15) is 14.4 Å².